The zero-order chi connectivity index (χ0) is 13.6. The third-order valence-corrected chi connectivity index (χ3v) is 0.997. The molecule has 0 atom stereocenters. The summed E-state index contributed by atoms with van der Waals surface area (Å²) in [5.41, 5.74) is 0. The first-order chi connectivity index (χ1) is 7.27. The van der Waals surface area contributed by atoms with Crippen LogP contribution in [-0.4, -0.2) is 39.2 Å². The molecule has 0 fully saturated rings. The van der Waals surface area contributed by atoms with E-state index in [-0.39, 0.29) is 36.9 Å². The number of hydrogen-bond donors (Lipinski definition) is 4. The van der Waals surface area contributed by atoms with Crippen LogP contribution in [0.3, 0.4) is 0 Å². The molecule has 0 aromatic carbocycles. The van der Waals surface area contributed by atoms with Crippen LogP contribution in [0.4, 0.5) is 0 Å². The summed E-state index contributed by atoms with van der Waals surface area (Å²) in [7, 11) is 0. The van der Waals surface area contributed by atoms with E-state index in [1.54, 1.807) is 0 Å². The van der Waals surface area contributed by atoms with Gasteiger partial charge in [-0.15, -0.1) is 0 Å². The third kappa shape index (κ3) is 82.3. The first-order valence-corrected chi connectivity index (χ1v) is 5.87. The van der Waals surface area contributed by atoms with Crippen molar-refractivity contribution in [2.45, 2.75) is 19.8 Å². The van der Waals surface area contributed by atoms with Gasteiger partial charge in [0.2, 0.25) is 0 Å². The smallest absolute Gasteiger partial charge is 1.00 e. The predicted octanol–water partition coefficient (Wildman–Crippen LogP) is -2.72. The standard InChI is InChI=1S/C6H10O2.Na.2H2O3S.H/c1-6(2-4-7)3-5-8;;2*1-4(2)3;/h4-6H,2-3H2,1H3;;2*(H2,1,2,3);/q;+1;;;-1. The molecule has 100 valence electrons. The Morgan fingerprint density at radius 3 is 1.29 bits per heavy atom. The monoisotopic (exact) mass is 302 g/mol. The zero-order valence-electron chi connectivity index (χ0n) is 10.4. The predicted molar refractivity (Wildman–Crippen MR) is 58.4 cm³/mol. The van der Waals surface area contributed by atoms with Crippen LogP contribution in [-0.2, 0) is 32.3 Å². The van der Waals surface area contributed by atoms with Crippen molar-refractivity contribution in [2.24, 2.45) is 5.92 Å². The molecule has 0 aliphatic heterocycles. The Morgan fingerprint density at radius 1 is 1.00 bits per heavy atom. The van der Waals surface area contributed by atoms with Crippen molar-refractivity contribution in [3.8, 4) is 0 Å². The molecule has 0 rings (SSSR count). The van der Waals surface area contributed by atoms with Gasteiger partial charge in [-0.1, -0.05) is 6.92 Å². The Morgan fingerprint density at radius 2 is 1.18 bits per heavy atom. The fourth-order valence-electron chi connectivity index (χ4n) is 0.425. The zero-order valence-corrected chi connectivity index (χ0v) is 13.0. The van der Waals surface area contributed by atoms with Gasteiger partial charge in [0.25, 0.3) is 22.7 Å². The summed E-state index contributed by atoms with van der Waals surface area (Å²) in [5.74, 6) is 0.227. The fourth-order valence-corrected chi connectivity index (χ4v) is 0.425. The molecule has 0 aliphatic carbocycles. The van der Waals surface area contributed by atoms with Crippen LogP contribution in [0, 0.1) is 5.92 Å². The van der Waals surface area contributed by atoms with Gasteiger partial charge in [-0.05, 0) is 5.92 Å². The van der Waals surface area contributed by atoms with Gasteiger partial charge < -0.3 is 11.0 Å². The van der Waals surface area contributed by atoms with Gasteiger partial charge in [0.05, 0.1) is 0 Å². The molecule has 0 bridgehead atoms. The molecule has 0 aliphatic rings. The maximum Gasteiger partial charge on any atom is 1.00 e. The minimum atomic E-state index is -2.61. The number of aldehydes is 2. The quantitative estimate of drug-likeness (QED) is 0.248. The van der Waals surface area contributed by atoms with Crippen molar-refractivity contribution >= 4 is 35.3 Å². The van der Waals surface area contributed by atoms with Crippen LogP contribution in [0.25, 0.3) is 0 Å². The van der Waals surface area contributed by atoms with Crippen molar-refractivity contribution in [2.75, 3.05) is 0 Å². The van der Waals surface area contributed by atoms with Crippen molar-refractivity contribution in [1.82, 2.24) is 0 Å². The molecule has 0 amide bonds. The van der Waals surface area contributed by atoms with E-state index >= 15 is 0 Å². The molecule has 0 aromatic heterocycles. The summed E-state index contributed by atoms with van der Waals surface area (Å²) in [4.78, 5) is 19.5. The first-order valence-electron chi connectivity index (χ1n) is 3.75. The van der Waals surface area contributed by atoms with Crippen LogP contribution >= 0.6 is 0 Å². The fraction of sp³-hybridized carbons (Fsp3) is 0.667. The van der Waals surface area contributed by atoms with Gasteiger partial charge in [-0.2, -0.15) is 8.42 Å². The molecule has 0 radical (unpaired) electrons. The average molecular weight is 302 g/mol. The summed E-state index contributed by atoms with van der Waals surface area (Å²) < 4.78 is 45.7. The van der Waals surface area contributed by atoms with Crippen molar-refractivity contribution in [1.29, 1.82) is 0 Å². The van der Waals surface area contributed by atoms with E-state index in [0.29, 0.717) is 12.8 Å². The molecule has 11 heteroatoms. The summed E-state index contributed by atoms with van der Waals surface area (Å²) >= 11 is -5.22. The van der Waals surface area contributed by atoms with Gasteiger partial charge in [-0.3, -0.25) is 18.2 Å². The first kappa shape index (κ1) is 26.1. The maximum absolute atomic E-state index is 9.77. The summed E-state index contributed by atoms with van der Waals surface area (Å²) in [6, 6.07) is 0. The normalized spacial score (nSPS) is 8.47. The van der Waals surface area contributed by atoms with Crippen LogP contribution in [0.2, 0.25) is 0 Å². The van der Waals surface area contributed by atoms with E-state index in [4.69, 9.17) is 26.6 Å². The largest absolute Gasteiger partial charge is 1.00 e. The summed E-state index contributed by atoms with van der Waals surface area (Å²) in [6.45, 7) is 1.88. The Bertz CT molecular complexity index is 200. The van der Waals surface area contributed by atoms with Crippen molar-refractivity contribution in [3.05, 3.63) is 0 Å². The number of carbonyl (C=O) groups excluding carboxylic acids is 2. The van der Waals surface area contributed by atoms with Crippen LogP contribution in [0.1, 0.15) is 21.2 Å². The van der Waals surface area contributed by atoms with E-state index in [1.165, 1.54) is 0 Å². The van der Waals surface area contributed by atoms with E-state index in [2.05, 4.69) is 0 Å². The van der Waals surface area contributed by atoms with Gasteiger partial charge in [0.1, 0.15) is 12.6 Å². The molecule has 0 aromatic rings. The van der Waals surface area contributed by atoms with E-state index < -0.39 is 22.7 Å². The minimum Gasteiger partial charge on any atom is -1.00 e. The summed E-state index contributed by atoms with van der Waals surface area (Å²) in [6.07, 6.45) is 2.68. The second-order valence-corrected chi connectivity index (χ2v) is 3.29. The maximum atomic E-state index is 9.77. The summed E-state index contributed by atoms with van der Waals surface area (Å²) in [5, 5.41) is 0. The Labute approximate surface area is 128 Å². The second kappa shape index (κ2) is 21.7. The van der Waals surface area contributed by atoms with Gasteiger partial charge in [-0.25, -0.2) is 0 Å². The minimum absolute atomic E-state index is 0. The van der Waals surface area contributed by atoms with Crippen molar-refractivity contribution < 1.29 is 67.2 Å². The Hall–Kier alpha value is 0.480. The second-order valence-electron chi connectivity index (χ2n) is 2.37. The SMILES string of the molecule is CC(CC=O)CC=O.O=S(O)O.O=S(O)O.[H-].[Na+]. The molecule has 0 unspecified atom stereocenters. The van der Waals surface area contributed by atoms with Gasteiger partial charge >= 0.3 is 29.6 Å². The van der Waals surface area contributed by atoms with Gasteiger partial charge in [0.15, 0.2) is 0 Å². The van der Waals surface area contributed by atoms with Crippen LogP contribution in [0.15, 0.2) is 0 Å². The molecule has 4 N–H and O–H groups in total. The number of hydrogen-bond acceptors (Lipinski definition) is 4. The topological polar surface area (TPSA) is 149 Å². The molecular formula is C6H15NaO8S2. The number of rotatable bonds is 4. The molecule has 0 spiro atoms. The number of carbonyl (C=O) groups is 2. The third-order valence-electron chi connectivity index (χ3n) is 0.997. The molecule has 8 nitrogen and oxygen atoms in total. The molecule has 0 heterocycles. The Kier molecular flexibility index (Phi) is 33.4. The van der Waals surface area contributed by atoms with E-state index in [9.17, 15) is 9.59 Å². The molecular weight excluding hydrogens is 287 g/mol. The van der Waals surface area contributed by atoms with Gasteiger partial charge in [0, 0.05) is 12.8 Å². The Balaban J connectivity index is -0.0000000489. The average Bonchev–Trinajstić information content (AvgIpc) is 2.02. The van der Waals surface area contributed by atoms with E-state index in [0.717, 1.165) is 12.6 Å². The van der Waals surface area contributed by atoms with Crippen LogP contribution < -0.4 is 29.6 Å². The molecule has 0 saturated heterocycles. The molecule has 0 saturated carbocycles. The molecule has 17 heavy (non-hydrogen) atoms. The van der Waals surface area contributed by atoms with E-state index in [1.807, 2.05) is 6.92 Å². The van der Waals surface area contributed by atoms with Crippen molar-refractivity contribution in [3.63, 3.8) is 0 Å². The van der Waals surface area contributed by atoms with Crippen LogP contribution in [0.5, 0.6) is 0 Å².